The van der Waals surface area contributed by atoms with Gasteiger partial charge in [-0.25, -0.2) is 0 Å². The average Bonchev–Trinajstić information content (AvgIpc) is 2.88. The number of aromatic nitrogens is 1. The summed E-state index contributed by atoms with van der Waals surface area (Å²) in [5, 5.41) is 0. The Morgan fingerprint density at radius 3 is 2.67 bits per heavy atom. The van der Waals surface area contributed by atoms with E-state index < -0.39 is 0 Å². The normalized spacial score (nSPS) is 15.8. The highest BCUT2D eigenvalue weighted by Gasteiger charge is 2.20. The zero-order valence-corrected chi connectivity index (χ0v) is 14.0. The standard InChI is InChI=1S/C19H23N3O2/c1-24-18-7-5-16(6-8-18)15-21-10-3-11-22(13-12-21)19(23)17-4-2-9-20-14-17/h2,4-9,14H,3,10-13,15H2,1H3. The number of carbonyl (C=O) groups excluding carboxylic acids is 1. The van der Waals surface area contributed by atoms with Gasteiger partial charge in [0.1, 0.15) is 5.75 Å². The molecule has 5 heteroatoms. The van der Waals surface area contributed by atoms with Crippen molar-refractivity contribution in [3.8, 4) is 5.75 Å². The Kier molecular flexibility index (Phi) is 5.43. The maximum atomic E-state index is 12.5. The fraction of sp³-hybridized carbons (Fsp3) is 0.368. The van der Waals surface area contributed by atoms with Gasteiger partial charge in [0.2, 0.25) is 0 Å². The lowest BCUT2D eigenvalue weighted by molar-refractivity contribution is 0.0760. The van der Waals surface area contributed by atoms with E-state index in [9.17, 15) is 4.79 Å². The minimum atomic E-state index is 0.0781. The molecule has 5 nitrogen and oxygen atoms in total. The third-order valence-corrected chi connectivity index (χ3v) is 4.35. The van der Waals surface area contributed by atoms with Crippen molar-refractivity contribution < 1.29 is 9.53 Å². The number of nitrogens with zero attached hydrogens (tertiary/aromatic N) is 3. The summed E-state index contributed by atoms with van der Waals surface area (Å²) in [5.41, 5.74) is 1.93. The number of pyridine rings is 1. The van der Waals surface area contributed by atoms with Crippen molar-refractivity contribution >= 4 is 5.91 Å². The number of hydrogen-bond acceptors (Lipinski definition) is 4. The molecule has 1 aliphatic heterocycles. The first-order valence-electron chi connectivity index (χ1n) is 8.31. The third kappa shape index (κ3) is 4.11. The van der Waals surface area contributed by atoms with Crippen LogP contribution < -0.4 is 4.74 Å². The van der Waals surface area contributed by atoms with Gasteiger partial charge in [0.25, 0.3) is 5.91 Å². The number of hydrogen-bond donors (Lipinski definition) is 0. The SMILES string of the molecule is COc1ccc(CN2CCCN(C(=O)c3cccnc3)CC2)cc1. The Hall–Kier alpha value is -2.40. The monoisotopic (exact) mass is 325 g/mol. The van der Waals surface area contributed by atoms with Gasteiger partial charge < -0.3 is 9.64 Å². The van der Waals surface area contributed by atoms with Crippen LogP contribution in [0.4, 0.5) is 0 Å². The number of amides is 1. The van der Waals surface area contributed by atoms with Crippen molar-refractivity contribution in [1.29, 1.82) is 0 Å². The largest absolute Gasteiger partial charge is 0.497 e. The minimum absolute atomic E-state index is 0.0781. The van der Waals surface area contributed by atoms with E-state index in [1.807, 2.05) is 23.1 Å². The van der Waals surface area contributed by atoms with Crippen LogP contribution in [0.3, 0.4) is 0 Å². The zero-order valence-electron chi connectivity index (χ0n) is 14.0. The quantitative estimate of drug-likeness (QED) is 0.866. The first-order chi connectivity index (χ1) is 11.8. The molecule has 0 aliphatic carbocycles. The van der Waals surface area contributed by atoms with Gasteiger partial charge in [0.15, 0.2) is 0 Å². The molecule has 0 bridgehead atoms. The fourth-order valence-corrected chi connectivity index (χ4v) is 2.99. The first-order valence-corrected chi connectivity index (χ1v) is 8.31. The highest BCUT2D eigenvalue weighted by Crippen LogP contribution is 2.15. The molecule has 0 saturated carbocycles. The van der Waals surface area contributed by atoms with E-state index in [4.69, 9.17) is 4.74 Å². The highest BCUT2D eigenvalue weighted by molar-refractivity contribution is 5.93. The molecule has 2 aromatic rings. The molecule has 0 unspecified atom stereocenters. The molecule has 3 rings (SSSR count). The van der Waals surface area contributed by atoms with E-state index in [0.717, 1.165) is 44.9 Å². The van der Waals surface area contributed by atoms with Gasteiger partial charge in [-0.3, -0.25) is 14.7 Å². The van der Waals surface area contributed by atoms with Gasteiger partial charge in [-0.15, -0.1) is 0 Å². The number of methoxy groups -OCH3 is 1. The molecule has 1 saturated heterocycles. The molecule has 24 heavy (non-hydrogen) atoms. The second-order valence-corrected chi connectivity index (χ2v) is 6.01. The van der Waals surface area contributed by atoms with Crippen molar-refractivity contribution in [2.75, 3.05) is 33.3 Å². The van der Waals surface area contributed by atoms with Crippen LogP contribution in [-0.2, 0) is 6.54 Å². The number of benzene rings is 1. The van der Waals surface area contributed by atoms with E-state index in [0.29, 0.717) is 5.56 Å². The van der Waals surface area contributed by atoms with E-state index in [-0.39, 0.29) is 5.91 Å². The molecule has 1 amide bonds. The minimum Gasteiger partial charge on any atom is -0.497 e. The average molecular weight is 325 g/mol. The van der Waals surface area contributed by atoms with Crippen LogP contribution in [0.5, 0.6) is 5.75 Å². The summed E-state index contributed by atoms with van der Waals surface area (Å²) < 4.78 is 5.20. The van der Waals surface area contributed by atoms with E-state index in [1.54, 1.807) is 25.6 Å². The van der Waals surface area contributed by atoms with Crippen molar-refractivity contribution in [2.45, 2.75) is 13.0 Å². The van der Waals surface area contributed by atoms with Gasteiger partial charge in [-0.05, 0) is 36.2 Å². The van der Waals surface area contributed by atoms with E-state index in [1.165, 1.54) is 5.56 Å². The van der Waals surface area contributed by atoms with Gasteiger partial charge in [0, 0.05) is 45.1 Å². The molecule has 0 atom stereocenters. The van der Waals surface area contributed by atoms with Gasteiger partial charge in [-0.2, -0.15) is 0 Å². The van der Waals surface area contributed by atoms with Crippen molar-refractivity contribution in [2.24, 2.45) is 0 Å². The summed E-state index contributed by atoms with van der Waals surface area (Å²) in [6.45, 7) is 4.34. The topological polar surface area (TPSA) is 45.7 Å². The summed E-state index contributed by atoms with van der Waals surface area (Å²) in [6, 6.07) is 11.8. The van der Waals surface area contributed by atoms with Crippen LogP contribution >= 0.6 is 0 Å². The second kappa shape index (κ2) is 7.93. The smallest absolute Gasteiger partial charge is 0.255 e. The lowest BCUT2D eigenvalue weighted by Gasteiger charge is -2.22. The van der Waals surface area contributed by atoms with Crippen LogP contribution in [-0.4, -0.2) is 54.0 Å². The fourth-order valence-electron chi connectivity index (χ4n) is 2.99. The third-order valence-electron chi connectivity index (χ3n) is 4.35. The summed E-state index contributed by atoms with van der Waals surface area (Å²) in [6.07, 6.45) is 4.32. The Balaban J connectivity index is 1.57. The molecule has 1 aromatic carbocycles. The molecule has 2 heterocycles. The molecule has 1 fully saturated rings. The van der Waals surface area contributed by atoms with Crippen LogP contribution in [0.1, 0.15) is 22.3 Å². The lowest BCUT2D eigenvalue weighted by atomic mass is 10.2. The molecule has 0 N–H and O–H groups in total. The number of ether oxygens (including phenoxy) is 1. The summed E-state index contributed by atoms with van der Waals surface area (Å²) in [4.78, 5) is 20.9. The molecule has 126 valence electrons. The van der Waals surface area contributed by atoms with Crippen LogP contribution in [0.2, 0.25) is 0 Å². The molecule has 1 aromatic heterocycles. The highest BCUT2D eigenvalue weighted by atomic mass is 16.5. The van der Waals surface area contributed by atoms with Crippen LogP contribution in [0.25, 0.3) is 0 Å². The molecule has 1 aliphatic rings. The molecular weight excluding hydrogens is 302 g/mol. The van der Waals surface area contributed by atoms with Gasteiger partial charge in [0.05, 0.1) is 12.7 Å². The summed E-state index contributed by atoms with van der Waals surface area (Å²) in [7, 11) is 1.68. The number of carbonyl (C=O) groups is 1. The zero-order chi connectivity index (χ0) is 16.8. The van der Waals surface area contributed by atoms with Crippen molar-refractivity contribution in [3.05, 3.63) is 59.9 Å². The van der Waals surface area contributed by atoms with Gasteiger partial charge >= 0.3 is 0 Å². The second-order valence-electron chi connectivity index (χ2n) is 6.01. The van der Waals surface area contributed by atoms with E-state index in [2.05, 4.69) is 22.0 Å². The van der Waals surface area contributed by atoms with Crippen molar-refractivity contribution in [3.63, 3.8) is 0 Å². The summed E-state index contributed by atoms with van der Waals surface area (Å²) >= 11 is 0. The summed E-state index contributed by atoms with van der Waals surface area (Å²) in [5.74, 6) is 0.956. The number of rotatable bonds is 4. The first kappa shape index (κ1) is 16.5. The van der Waals surface area contributed by atoms with Gasteiger partial charge in [-0.1, -0.05) is 12.1 Å². The lowest BCUT2D eigenvalue weighted by Crippen LogP contribution is -2.35. The molecule has 0 spiro atoms. The Bertz CT molecular complexity index is 658. The van der Waals surface area contributed by atoms with Crippen LogP contribution in [0.15, 0.2) is 48.8 Å². The maximum absolute atomic E-state index is 12.5. The van der Waals surface area contributed by atoms with Crippen LogP contribution in [0, 0.1) is 0 Å². The predicted octanol–water partition coefficient (Wildman–Crippen LogP) is 2.44. The molecule has 0 radical (unpaired) electrons. The van der Waals surface area contributed by atoms with E-state index >= 15 is 0 Å². The Morgan fingerprint density at radius 2 is 1.96 bits per heavy atom. The van der Waals surface area contributed by atoms with Crippen molar-refractivity contribution in [1.82, 2.24) is 14.8 Å². The Labute approximate surface area is 142 Å². The maximum Gasteiger partial charge on any atom is 0.255 e. The molecular formula is C19H23N3O2. The predicted molar refractivity (Wildman–Crippen MR) is 93.0 cm³/mol. The Morgan fingerprint density at radius 1 is 1.12 bits per heavy atom.